The van der Waals surface area contributed by atoms with Gasteiger partial charge in [-0.05, 0) is 18.8 Å². The number of nitrogens with one attached hydrogen (secondary N) is 1. The van der Waals surface area contributed by atoms with Crippen LogP contribution in [0.15, 0.2) is 4.34 Å². The number of hydrogen-bond acceptors (Lipinski definition) is 7. The number of carbonyl (C=O) groups is 1. The van der Waals surface area contributed by atoms with E-state index in [2.05, 4.69) is 29.4 Å². The lowest BCUT2D eigenvalue weighted by Gasteiger charge is -2.29. The predicted molar refractivity (Wildman–Crippen MR) is 93.2 cm³/mol. The van der Waals surface area contributed by atoms with Gasteiger partial charge in [0.2, 0.25) is 21.1 Å². The number of nitrogens with zero attached hydrogens (tertiary/aromatic N) is 3. The maximum absolute atomic E-state index is 12.3. The Balaban J connectivity index is 1.91. The fourth-order valence-corrected chi connectivity index (χ4v) is 4.86. The summed E-state index contributed by atoms with van der Waals surface area (Å²) in [5, 5.41) is 11.3. The van der Waals surface area contributed by atoms with Gasteiger partial charge in [0.15, 0.2) is 4.34 Å². The van der Waals surface area contributed by atoms with E-state index in [4.69, 9.17) is 0 Å². The molecule has 0 saturated carbocycles. The molecule has 7 nitrogen and oxygen atoms in total. The number of aromatic nitrogens is 2. The molecule has 0 bridgehead atoms. The molecule has 0 unspecified atom stereocenters. The van der Waals surface area contributed by atoms with Gasteiger partial charge in [-0.15, -0.1) is 10.2 Å². The molecule has 130 valence electrons. The zero-order valence-electron chi connectivity index (χ0n) is 13.5. The van der Waals surface area contributed by atoms with Crippen LogP contribution < -0.4 is 5.32 Å². The number of carbonyl (C=O) groups excluding carboxylic acids is 1. The average Bonchev–Trinajstić information content (AvgIpc) is 2.92. The van der Waals surface area contributed by atoms with Crippen LogP contribution in [0.3, 0.4) is 0 Å². The van der Waals surface area contributed by atoms with Crippen molar-refractivity contribution in [3.63, 3.8) is 0 Å². The van der Waals surface area contributed by atoms with Gasteiger partial charge in [-0.25, -0.2) is 12.7 Å². The van der Waals surface area contributed by atoms with Crippen LogP contribution in [0.2, 0.25) is 0 Å². The minimum atomic E-state index is -3.25. The van der Waals surface area contributed by atoms with Crippen LogP contribution in [0.1, 0.15) is 26.7 Å². The minimum absolute atomic E-state index is 0.185. The van der Waals surface area contributed by atoms with Crippen LogP contribution in [0.4, 0.5) is 5.13 Å². The van der Waals surface area contributed by atoms with Gasteiger partial charge in [0.05, 0.1) is 12.2 Å². The van der Waals surface area contributed by atoms with Gasteiger partial charge in [-0.1, -0.05) is 36.9 Å². The Morgan fingerprint density at radius 1 is 1.48 bits per heavy atom. The molecule has 1 fully saturated rings. The maximum Gasteiger partial charge on any atom is 0.230 e. The van der Waals surface area contributed by atoms with Crippen molar-refractivity contribution in [1.82, 2.24) is 14.5 Å². The molecule has 0 aliphatic carbocycles. The molecule has 1 aliphatic heterocycles. The normalized spacial score (nSPS) is 19.9. The van der Waals surface area contributed by atoms with E-state index in [1.165, 1.54) is 21.9 Å². The SMILES string of the molecule is CC(C)CSc1nnc(NC(=O)[C@H]2CCCN(S(C)(=O)=O)C2)s1. The first-order chi connectivity index (χ1) is 10.8. The third-order valence-corrected chi connectivity index (χ3v) is 7.07. The topological polar surface area (TPSA) is 92.3 Å². The lowest BCUT2D eigenvalue weighted by molar-refractivity contribution is -0.120. The monoisotopic (exact) mass is 378 g/mol. The van der Waals surface area contributed by atoms with Crippen molar-refractivity contribution in [2.24, 2.45) is 11.8 Å². The standard InChI is InChI=1S/C13H22N4O3S3/c1-9(2)8-21-13-16-15-12(22-13)14-11(18)10-5-4-6-17(7-10)23(3,19)20/h9-10H,4-8H2,1-3H3,(H,14,15,18)/t10-/m0/s1. The lowest BCUT2D eigenvalue weighted by Crippen LogP contribution is -2.43. The van der Waals surface area contributed by atoms with E-state index in [0.29, 0.717) is 30.4 Å². The Morgan fingerprint density at radius 3 is 2.87 bits per heavy atom. The van der Waals surface area contributed by atoms with Crippen LogP contribution in [0.5, 0.6) is 0 Å². The number of rotatable bonds is 6. The van der Waals surface area contributed by atoms with Crippen molar-refractivity contribution >= 4 is 44.2 Å². The van der Waals surface area contributed by atoms with Gasteiger partial charge in [-0.2, -0.15) is 0 Å². The van der Waals surface area contributed by atoms with Gasteiger partial charge in [0.1, 0.15) is 0 Å². The van der Waals surface area contributed by atoms with Gasteiger partial charge in [0, 0.05) is 18.8 Å². The van der Waals surface area contributed by atoms with E-state index >= 15 is 0 Å². The Hall–Kier alpha value is -0.710. The zero-order valence-corrected chi connectivity index (χ0v) is 15.9. The second-order valence-corrected chi connectivity index (χ2v) is 10.3. The molecule has 1 N–H and O–H groups in total. The predicted octanol–water partition coefficient (Wildman–Crippen LogP) is 1.90. The second-order valence-electron chi connectivity index (χ2n) is 6.03. The van der Waals surface area contributed by atoms with Crippen molar-refractivity contribution in [2.45, 2.75) is 31.0 Å². The Kier molecular flexibility index (Phi) is 6.40. The summed E-state index contributed by atoms with van der Waals surface area (Å²) in [6, 6.07) is 0. The minimum Gasteiger partial charge on any atom is -0.300 e. The molecular formula is C13H22N4O3S3. The smallest absolute Gasteiger partial charge is 0.230 e. The molecule has 2 heterocycles. The number of hydrogen-bond donors (Lipinski definition) is 1. The molecule has 1 aromatic heterocycles. The highest BCUT2D eigenvalue weighted by atomic mass is 32.2. The molecule has 0 radical (unpaired) electrons. The fourth-order valence-electron chi connectivity index (χ4n) is 2.22. The number of sulfonamides is 1. The first-order valence-corrected chi connectivity index (χ1v) is 11.1. The van der Waals surface area contributed by atoms with E-state index in [1.54, 1.807) is 11.8 Å². The summed E-state index contributed by atoms with van der Waals surface area (Å²) in [7, 11) is -3.25. The van der Waals surface area contributed by atoms with E-state index in [9.17, 15) is 13.2 Å². The van der Waals surface area contributed by atoms with E-state index in [-0.39, 0.29) is 18.4 Å². The third-order valence-electron chi connectivity index (χ3n) is 3.40. The molecule has 1 atom stereocenters. The summed E-state index contributed by atoms with van der Waals surface area (Å²) in [4.78, 5) is 12.3. The molecule has 1 aliphatic rings. The number of piperidine rings is 1. The van der Waals surface area contributed by atoms with Gasteiger partial charge >= 0.3 is 0 Å². The van der Waals surface area contributed by atoms with Crippen LogP contribution in [0, 0.1) is 11.8 Å². The number of thioether (sulfide) groups is 1. The highest BCUT2D eigenvalue weighted by Gasteiger charge is 2.30. The quantitative estimate of drug-likeness (QED) is 0.600. The highest BCUT2D eigenvalue weighted by molar-refractivity contribution is 8.01. The number of amides is 1. The summed E-state index contributed by atoms with van der Waals surface area (Å²) in [5.74, 6) is 0.990. The number of anilines is 1. The maximum atomic E-state index is 12.3. The highest BCUT2D eigenvalue weighted by Crippen LogP contribution is 2.28. The molecule has 2 rings (SSSR count). The van der Waals surface area contributed by atoms with Crippen LogP contribution in [0.25, 0.3) is 0 Å². The van der Waals surface area contributed by atoms with Crippen LogP contribution in [-0.2, 0) is 14.8 Å². The Bertz CT molecular complexity index is 645. The summed E-state index contributed by atoms with van der Waals surface area (Å²) >= 11 is 2.97. The Labute approximate surface area is 145 Å². The zero-order chi connectivity index (χ0) is 17.0. The van der Waals surface area contributed by atoms with Crippen molar-refractivity contribution in [2.75, 3.05) is 30.4 Å². The molecule has 1 amide bonds. The fraction of sp³-hybridized carbons (Fsp3) is 0.769. The molecule has 10 heteroatoms. The molecule has 0 spiro atoms. The molecule has 23 heavy (non-hydrogen) atoms. The summed E-state index contributed by atoms with van der Waals surface area (Å²) < 4.78 is 25.4. The van der Waals surface area contributed by atoms with Crippen molar-refractivity contribution in [3.8, 4) is 0 Å². The summed E-state index contributed by atoms with van der Waals surface area (Å²) in [6.07, 6.45) is 2.55. The van der Waals surface area contributed by atoms with E-state index < -0.39 is 10.0 Å². The third kappa shape index (κ3) is 5.70. The molecule has 1 saturated heterocycles. The first kappa shape index (κ1) is 18.6. The van der Waals surface area contributed by atoms with Gasteiger partial charge < -0.3 is 5.32 Å². The van der Waals surface area contributed by atoms with Crippen LogP contribution >= 0.6 is 23.1 Å². The average molecular weight is 379 g/mol. The van der Waals surface area contributed by atoms with Crippen molar-refractivity contribution < 1.29 is 13.2 Å². The molecular weight excluding hydrogens is 356 g/mol. The van der Waals surface area contributed by atoms with Crippen molar-refractivity contribution in [1.29, 1.82) is 0 Å². The largest absolute Gasteiger partial charge is 0.300 e. The first-order valence-electron chi connectivity index (χ1n) is 7.48. The summed E-state index contributed by atoms with van der Waals surface area (Å²) in [5.41, 5.74) is 0. The van der Waals surface area contributed by atoms with Gasteiger partial charge in [-0.3, -0.25) is 4.79 Å². The van der Waals surface area contributed by atoms with E-state index in [1.807, 2.05) is 0 Å². The van der Waals surface area contributed by atoms with Crippen LogP contribution in [-0.4, -0.2) is 53.9 Å². The molecule has 0 aromatic carbocycles. The van der Waals surface area contributed by atoms with E-state index in [0.717, 1.165) is 10.1 Å². The Morgan fingerprint density at radius 2 is 2.22 bits per heavy atom. The molecule has 1 aromatic rings. The lowest BCUT2D eigenvalue weighted by atomic mass is 9.99. The summed E-state index contributed by atoms with van der Waals surface area (Å²) in [6.45, 7) is 4.98. The van der Waals surface area contributed by atoms with Crippen molar-refractivity contribution in [3.05, 3.63) is 0 Å². The second kappa shape index (κ2) is 7.91. The van der Waals surface area contributed by atoms with Gasteiger partial charge in [0.25, 0.3) is 0 Å².